The molecule has 6 nitrogen and oxygen atoms in total. The van der Waals surface area contributed by atoms with Crippen molar-refractivity contribution in [2.24, 2.45) is 0 Å². The summed E-state index contributed by atoms with van der Waals surface area (Å²) in [5.74, 6) is 0.213. The highest BCUT2D eigenvalue weighted by Gasteiger charge is 2.20. The summed E-state index contributed by atoms with van der Waals surface area (Å²) in [6.07, 6.45) is 0. The van der Waals surface area contributed by atoms with Crippen molar-refractivity contribution in [1.82, 2.24) is 14.9 Å². The molecule has 1 aromatic heterocycles. The predicted octanol–water partition coefficient (Wildman–Crippen LogP) is 2.91. The van der Waals surface area contributed by atoms with E-state index in [0.29, 0.717) is 65.7 Å². The molecule has 4 rings (SSSR count). The Morgan fingerprint density at radius 3 is 2.68 bits per heavy atom. The number of aromatic amines is 1. The fraction of sp³-hybridized carbons (Fsp3) is 0.250. The van der Waals surface area contributed by atoms with Gasteiger partial charge in [0.2, 0.25) is 0 Å². The standard InChI is InChI=1S/C20H17ClFN5O/c21-14-2-3-17-15(10-14)20(28)25-19(24-17)12-26-5-7-27(8-6-26)18-4-1-13(11-23)9-16(18)22/h1-4,9-10H,5-8,12H2,(H,24,25,28). The van der Waals surface area contributed by atoms with Crippen molar-refractivity contribution in [3.8, 4) is 6.07 Å². The van der Waals surface area contributed by atoms with Crippen LogP contribution in [0.25, 0.3) is 10.9 Å². The summed E-state index contributed by atoms with van der Waals surface area (Å²) >= 11 is 5.94. The molecule has 2 heterocycles. The summed E-state index contributed by atoms with van der Waals surface area (Å²) in [4.78, 5) is 23.7. The van der Waals surface area contributed by atoms with Gasteiger partial charge >= 0.3 is 0 Å². The molecule has 28 heavy (non-hydrogen) atoms. The van der Waals surface area contributed by atoms with E-state index in [1.165, 1.54) is 6.07 Å². The van der Waals surface area contributed by atoms with E-state index >= 15 is 0 Å². The second kappa shape index (κ2) is 7.58. The minimum Gasteiger partial charge on any atom is -0.367 e. The molecule has 0 spiro atoms. The Morgan fingerprint density at radius 2 is 1.96 bits per heavy atom. The number of fused-ring (bicyclic) bond motifs is 1. The molecule has 1 aliphatic heterocycles. The number of aromatic nitrogens is 2. The van der Waals surface area contributed by atoms with E-state index in [1.807, 2.05) is 11.0 Å². The van der Waals surface area contributed by atoms with Crippen LogP contribution in [0.1, 0.15) is 11.4 Å². The van der Waals surface area contributed by atoms with Crippen LogP contribution in [0.4, 0.5) is 10.1 Å². The first-order valence-corrected chi connectivity index (χ1v) is 9.27. The molecular formula is C20H17ClFN5O. The summed E-state index contributed by atoms with van der Waals surface area (Å²) in [6.45, 7) is 3.23. The van der Waals surface area contributed by atoms with Crippen LogP contribution in [0, 0.1) is 17.1 Å². The Balaban J connectivity index is 1.45. The Kier molecular flexibility index (Phi) is 4.99. The number of nitriles is 1. The Labute approximate surface area is 165 Å². The molecule has 8 heteroatoms. The molecule has 0 radical (unpaired) electrons. The van der Waals surface area contributed by atoms with Crippen molar-refractivity contribution in [3.63, 3.8) is 0 Å². The number of nitrogens with one attached hydrogen (secondary N) is 1. The van der Waals surface area contributed by atoms with Gasteiger partial charge in [-0.2, -0.15) is 5.26 Å². The number of piperazine rings is 1. The number of halogens is 2. The van der Waals surface area contributed by atoms with Crippen molar-refractivity contribution in [2.75, 3.05) is 31.1 Å². The second-order valence-corrected chi connectivity index (χ2v) is 7.15. The molecule has 0 amide bonds. The SMILES string of the molecule is N#Cc1ccc(N2CCN(Cc3nc4ccc(Cl)cc4c(=O)[nH]3)CC2)c(F)c1. The topological polar surface area (TPSA) is 76.0 Å². The highest BCUT2D eigenvalue weighted by Crippen LogP contribution is 2.22. The van der Waals surface area contributed by atoms with Gasteiger partial charge in [-0.25, -0.2) is 9.37 Å². The zero-order chi connectivity index (χ0) is 19.7. The number of benzene rings is 2. The van der Waals surface area contributed by atoms with E-state index in [4.69, 9.17) is 16.9 Å². The van der Waals surface area contributed by atoms with Crippen LogP contribution >= 0.6 is 11.6 Å². The molecule has 0 bridgehead atoms. The van der Waals surface area contributed by atoms with E-state index in [0.717, 1.165) is 0 Å². The van der Waals surface area contributed by atoms with Gasteiger partial charge in [0.05, 0.1) is 34.8 Å². The average Bonchev–Trinajstić information content (AvgIpc) is 2.69. The minimum absolute atomic E-state index is 0.208. The largest absolute Gasteiger partial charge is 0.367 e. The zero-order valence-electron chi connectivity index (χ0n) is 15.0. The van der Waals surface area contributed by atoms with Crippen LogP contribution in [-0.2, 0) is 6.54 Å². The lowest BCUT2D eigenvalue weighted by molar-refractivity contribution is 0.243. The lowest BCUT2D eigenvalue weighted by Gasteiger charge is -2.36. The van der Waals surface area contributed by atoms with Gasteiger partial charge < -0.3 is 9.88 Å². The zero-order valence-corrected chi connectivity index (χ0v) is 15.7. The maximum atomic E-state index is 14.2. The summed E-state index contributed by atoms with van der Waals surface area (Å²) in [6, 6.07) is 11.5. The second-order valence-electron chi connectivity index (χ2n) is 6.72. The highest BCUT2D eigenvalue weighted by atomic mass is 35.5. The van der Waals surface area contributed by atoms with Crippen LogP contribution in [-0.4, -0.2) is 41.0 Å². The van der Waals surface area contributed by atoms with Gasteiger partial charge in [-0.3, -0.25) is 9.69 Å². The average molecular weight is 398 g/mol. The molecule has 0 saturated carbocycles. The molecule has 3 aromatic rings. The van der Waals surface area contributed by atoms with Gasteiger partial charge in [-0.15, -0.1) is 0 Å². The number of nitrogens with zero attached hydrogens (tertiary/aromatic N) is 4. The molecule has 0 aliphatic carbocycles. The van der Waals surface area contributed by atoms with E-state index in [9.17, 15) is 9.18 Å². The maximum absolute atomic E-state index is 14.2. The summed E-state index contributed by atoms with van der Waals surface area (Å²) in [5, 5.41) is 9.83. The summed E-state index contributed by atoms with van der Waals surface area (Å²) < 4.78 is 14.2. The van der Waals surface area contributed by atoms with E-state index in [2.05, 4.69) is 14.9 Å². The van der Waals surface area contributed by atoms with Gasteiger partial charge in [0.25, 0.3) is 5.56 Å². The monoisotopic (exact) mass is 397 g/mol. The Bertz CT molecular complexity index is 1130. The van der Waals surface area contributed by atoms with Gasteiger partial charge in [0.1, 0.15) is 11.6 Å². The minimum atomic E-state index is -0.383. The molecule has 0 atom stereocenters. The normalized spacial score (nSPS) is 15.0. The lowest BCUT2D eigenvalue weighted by atomic mass is 10.2. The quantitative estimate of drug-likeness (QED) is 0.735. The third kappa shape index (κ3) is 3.70. The van der Waals surface area contributed by atoms with Crippen LogP contribution in [0.2, 0.25) is 5.02 Å². The fourth-order valence-corrected chi connectivity index (χ4v) is 3.60. The number of hydrogen-bond donors (Lipinski definition) is 1. The van der Waals surface area contributed by atoms with E-state index in [1.54, 1.807) is 30.3 Å². The molecule has 2 aromatic carbocycles. The first-order valence-electron chi connectivity index (χ1n) is 8.89. The Morgan fingerprint density at radius 1 is 1.18 bits per heavy atom. The van der Waals surface area contributed by atoms with Crippen molar-refractivity contribution >= 4 is 28.2 Å². The highest BCUT2D eigenvalue weighted by molar-refractivity contribution is 6.31. The fourth-order valence-electron chi connectivity index (χ4n) is 3.43. The summed E-state index contributed by atoms with van der Waals surface area (Å²) in [5.41, 5.74) is 1.22. The van der Waals surface area contributed by atoms with Gasteiger partial charge in [0, 0.05) is 31.2 Å². The molecule has 142 valence electrons. The molecule has 0 unspecified atom stereocenters. The van der Waals surface area contributed by atoms with E-state index < -0.39 is 0 Å². The first kappa shape index (κ1) is 18.4. The molecule has 1 saturated heterocycles. The number of hydrogen-bond acceptors (Lipinski definition) is 5. The third-order valence-corrected chi connectivity index (χ3v) is 5.11. The molecule has 1 N–H and O–H groups in total. The molecule has 1 fully saturated rings. The van der Waals surface area contributed by atoms with Crippen molar-refractivity contribution in [1.29, 1.82) is 5.26 Å². The lowest BCUT2D eigenvalue weighted by Crippen LogP contribution is -2.46. The van der Waals surface area contributed by atoms with Crippen LogP contribution in [0.5, 0.6) is 0 Å². The van der Waals surface area contributed by atoms with Gasteiger partial charge in [-0.05, 0) is 36.4 Å². The smallest absolute Gasteiger partial charge is 0.258 e. The Hall–Kier alpha value is -2.95. The van der Waals surface area contributed by atoms with Gasteiger partial charge in [0.15, 0.2) is 0 Å². The number of rotatable bonds is 3. The van der Waals surface area contributed by atoms with E-state index in [-0.39, 0.29) is 11.4 Å². The molecule has 1 aliphatic rings. The van der Waals surface area contributed by atoms with Crippen molar-refractivity contribution in [3.05, 3.63) is 69.0 Å². The van der Waals surface area contributed by atoms with Crippen molar-refractivity contribution < 1.29 is 4.39 Å². The first-order chi connectivity index (χ1) is 13.5. The van der Waals surface area contributed by atoms with Crippen molar-refractivity contribution in [2.45, 2.75) is 6.54 Å². The third-order valence-electron chi connectivity index (χ3n) is 4.88. The van der Waals surface area contributed by atoms with Crippen LogP contribution in [0.15, 0.2) is 41.2 Å². The van der Waals surface area contributed by atoms with Crippen LogP contribution < -0.4 is 10.5 Å². The predicted molar refractivity (Wildman–Crippen MR) is 106 cm³/mol. The number of anilines is 1. The van der Waals surface area contributed by atoms with Crippen LogP contribution in [0.3, 0.4) is 0 Å². The maximum Gasteiger partial charge on any atom is 0.258 e. The summed E-state index contributed by atoms with van der Waals surface area (Å²) in [7, 11) is 0. The van der Waals surface area contributed by atoms with Gasteiger partial charge in [-0.1, -0.05) is 11.6 Å². The number of H-pyrrole nitrogens is 1. The molecular weight excluding hydrogens is 381 g/mol.